The van der Waals surface area contributed by atoms with Crippen LogP contribution >= 0.6 is 15.9 Å². The summed E-state index contributed by atoms with van der Waals surface area (Å²) < 4.78 is 6.83. The number of pyridine rings is 1. The van der Waals surface area contributed by atoms with Gasteiger partial charge >= 0.3 is 5.97 Å². The van der Waals surface area contributed by atoms with Crippen LogP contribution in [0.4, 0.5) is 0 Å². The summed E-state index contributed by atoms with van der Waals surface area (Å²) in [6, 6.07) is 24.1. The molecule has 4 aromatic rings. The fourth-order valence-electron chi connectivity index (χ4n) is 6.78. The first-order chi connectivity index (χ1) is 20.4. The normalized spacial score (nSPS) is 21.4. The second kappa shape index (κ2) is 10.7. The predicted molar refractivity (Wildman–Crippen MR) is 176 cm³/mol. The van der Waals surface area contributed by atoms with Gasteiger partial charge in [-0.3, -0.25) is 9.59 Å². The van der Waals surface area contributed by atoms with Gasteiger partial charge in [-0.1, -0.05) is 76.6 Å². The Balaban J connectivity index is 1.48. The Kier molecular flexibility index (Phi) is 7.32. The number of hydrogen-bond donors (Lipinski definition) is 1. The number of aromatic nitrogens is 1. The molecular formula is C37H37BrN2O3. The molecule has 1 saturated carbocycles. The number of aryl methyl sites for hydroxylation is 1. The number of hydrogen-bond acceptors (Lipinski definition) is 4. The van der Waals surface area contributed by atoms with Gasteiger partial charge in [0.2, 0.25) is 0 Å². The summed E-state index contributed by atoms with van der Waals surface area (Å²) in [5.41, 5.74) is 5.25. The molecule has 6 heteroatoms. The third-order valence-electron chi connectivity index (χ3n) is 8.99. The maximum atomic E-state index is 14.6. The minimum Gasteiger partial charge on any atom is -0.459 e. The second-order valence-electron chi connectivity index (χ2n) is 13.1. The lowest BCUT2D eigenvalue weighted by Crippen LogP contribution is -2.58. The number of rotatable bonds is 5. The first-order valence-electron chi connectivity index (χ1n) is 14.9. The Morgan fingerprint density at radius 1 is 0.907 bits per heavy atom. The van der Waals surface area contributed by atoms with Gasteiger partial charge in [-0.15, -0.1) is 0 Å². The minimum atomic E-state index is -0.706. The highest BCUT2D eigenvalue weighted by molar-refractivity contribution is 9.10. The number of nitrogens with one attached hydrogen (secondary N) is 1. The highest BCUT2D eigenvalue weighted by Gasteiger charge is 2.55. The molecule has 0 saturated heterocycles. The lowest BCUT2D eigenvalue weighted by molar-refractivity contribution is -0.167. The number of fused-ring (bicyclic) bond motifs is 3. The van der Waals surface area contributed by atoms with Crippen molar-refractivity contribution in [1.29, 1.82) is 0 Å². The third-order valence-corrected chi connectivity index (χ3v) is 9.48. The Morgan fingerprint density at radius 2 is 1.58 bits per heavy atom. The van der Waals surface area contributed by atoms with E-state index >= 15 is 0 Å². The Morgan fingerprint density at radius 3 is 2.26 bits per heavy atom. The maximum absolute atomic E-state index is 14.6. The molecule has 3 aliphatic carbocycles. The molecular weight excluding hydrogens is 600 g/mol. The lowest BCUT2D eigenvalue weighted by Gasteiger charge is -2.52. The van der Waals surface area contributed by atoms with Crippen LogP contribution in [-0.4, -0.2) is 28.0 Å². The second-order valence-corrected chi connectivity index (χ2v) is 14.0. The third kappa shape index (κ3) is 5.31. The fourth-order valence-corrected chi connectivity index (χ4v) is 7.14. The van der Waals surface area contributed by atoms with Crippen molar-refractivity contribution in [2.24, 2.45) is 5.41 Å². The van der Waals surface area contributed by atoms with Gasteiger partial charge in [0.1, 0.15) is 5.60 Å². The van der Waals surface area contributed by atoms with Crippen molar-refractivity contribution < 1.29 is 14.3 Å². The topological polar surface area (TPSA) is 68.3 Å². The summed E-state index contributed by atoms with van der Waals surface area (Å²) >= 11 is 3.61. The highest BCUT2D eigenvalue weighted by Crippen LogP contribution is 2.55. The predicted octanol–water partition coefficient (Wildman–Crippen LogP) is 8.75. The summed E-state index contributed by atoms with van der Waals surface area (Å²) in [5.74, 6) is -0.314. The van der Waals surface area contributed by atoms with Crippen LogP contribution in [0, 0.1) is 19.3 Å². The largest absolute Gasteiger partial charge is 0.459 e. The van der Waals surface area contributed by atoms with Gasteiger partial charge in [0.05, 0.1) is 27.7 Å². The van der Waals surface area contributed by atoms with Crippen LogP contribution < -0.4 is 5.32 Å². The van der Waals surface area contributed by atoms with Gasteiger partial charge in [-0.25, -0.2) is 4.98 Å². The van der Waals surface area contributed by atoms with E-state index in [1.54, 1.807) is 0 Å². The van der Waals surface area contributed by atoms with E-state index in [2.05, 4.69) is 46.4 Å². The number of halogens is 1. The molecule has 0 spiro atoms. The molecule has 1 fully saturated rings. The zero-order chi connectivity index (χ0) is 30.6. The number of nitrogens with zero attached hydrogens (tertiary/aromatic N) is 1. The first kappa shape index (κ1) is 29.3. The number of esters is 1. The van der Waals surface area contributed by atoms with Crippen molar-refractivity contribution in [2.45, 2.75) is 71.4 Å². The molecule has 220 valence electrons. The van der Waals surface area contributed by atoms with Crippen LogP contribution in [-0.2, 0) is 9.53 Å². The van der Waals surface area contributed by atoms with E-state index < -0.39 is 16.6 Å². The van der Waals surface area contributed by atoms with Crippen molar-refractivity contribution in [2.75, 3.05) is 0 Å². The van der Waals surface area contributed by atoms with E-state index in [1.807, 2.05) is 88.4 Å². The van der Waals surface area contributed by atoms with Crippen LogP contribution in [0.25, 0.3) is 27.7 Å². The van der Waals surface area contributed by atoms with Crippen LogP contribution in [0.2, 0.25) is 0 Å². The van der Waals surface area contributed by atoms with Crippen molar-refractivity contribution in [3.05, 3.63) is 106 Å². The number of carbonyl (C=O) groups excluding carboxylic acids is 2. The average molecular weight is 638 g/mol. The molecule has 2 bridgehead atoms. The van der Waals surface area contributed by atoms with E-state index in [9.17, 15) is 9.59 Å². The van der Waals surface area contributed by atoms with Gasteiger partial charge in [0, 0.05) is 15.4 Å². The Hall–Kier alpha value is -3.77. The molecule has 1 heterocycles. The zero-order valence-corrected chi connectivity index (χ0v) is 27.0. The smallest absolute Gasteiger partial charge is 0.316 e. The van der Waals surface area contributed by atoms with Gasteiger partial charge in [0.25, 0.3) is 5.91 Å². The van der Waals surface area contributed by atoms with Crippen molar-refractivity contribution in [3.63, 3.8) is 0 Å². The molecule has 1 N–H and O–H groups in total. The molecule has 3 aliphatic rings. The molecule has 0 aliphatic heterocycles. The van der Waals surface area contributed by atoms with Crippen molar-refractivity contribution >= 4 is 44.3 Å². The highest BCUT2D eigenvalue weighted by atomic mass is 79.9. The van der Waals surface area contributed by atoms with E-state index in [1.165, 1.54) is 0 Å². The van der Waals surface area contributed by atoms with Gasteiger partial charge in [0.15, 0.2) is 0 Å². The molecule has 1 amide bonds. The maximum Gasteiger partial charge on any atom is 0.316 e. The molecule has 43 heavy (non-hydrogen) atoms. The Labute approximate surface area is 261 Å². The average Bonchev–Trinajstić information content (AvgIpc) is 2.97. The standard InChI is InChI=1S/C37H37BrN2O3/c1-23-11-9-10-14-27(23)29-22-36(34(42)43-35(3,4)5)17-19-37(29,20-18-36)40-33(41)31-24(2)32(25-12-7-6-8-13-25)39-30-16-15-26(38)21-28(30)31/h6-16,21-22H,17-20H2,1-5H3,(H,40,41). The van der Waals surface area contributed by atoms with Crippen molar-refractivity contribution in [3.8, 4) is 11.3 Å². The van der Waals surface area contributed by atoms with E-state index in [4.69, 9.17) is 9.72 Å². The van der Waals surface area contributed by atoms with Crippen molar-refractivity contribution in [1.82, 2.24) is 10.3 Å². The lowest BCUT2D eigenvalue weighted by atomic mass is 9.57. The minimum absolute atomic E-state index is 0.133. The number of ether oxygens (including phenoxy) is 1. The van der Waals surface area contributed by atoms with E-state index in [0.717, 1.165) is 48.9 Å². The summed E-state index contributed by atoms with van der Waals surface area (Å²) in [7, 11) is 0. The van der Waals surface area contributed by atoms with E-state index in [0.29, 0.717) is 31.2 Å². The van der Waals surface area contributed by atoms with Crippen LogP contribution in [0.15, 0.2) is 83.3 Å². The molecule has 1 aromatic heterocycles. The molecule has 0 atom stereocenters. The first-order valence-corrected chi connectivity index (χ1v) is 15.7. The zero-order valence-electron chi connectivity index (χ0n) is 25.4. The van der Waals surface area contributed by atoms with Crippen LogP contribution in [0.3, 0.4) is 0 Å². The summed E-state index contributed by atoms with van der Waals surface area (Å²) in [6.45, 7) is 9.79. The van der Waals surface area contributed by atoms with E-state index in [-0.39, 0.29) is 11.9 Å². The molecule has 5 nitrogen and oxygen atoms in total. The van der Waals surface area contributed by atoms with Crippen LogP contribution in [0.5, 0.6) is 0 Å². The summed E-state index contributed by atoms with van der Waals surface area (Å²) in [5, 5.41) is 4.35. The number of carbonyl (C=O) groups is 2. The fraction of sp³-hybridized carbons (Fsp3) is 0.324. The Bertz CT molecular complexity index is 1780. The number of amides is 1. The van der Waals surface area contributed by atoms with Gasteiger partial charge in [-0.05, 0) is 101 Å². The molecule has 7 rings (SSSR count). The summed E-state index contributed by atoms with van der Waals surface area (Å²) in [4.78, 5) is 33.2. The molecule has 0 radical (unpaired) electrons. The molecule has 3 aromatic carbocycles. The van der Waals surface area contributed by atoms with Gasteiger partial charge < -0.3 is 10.1 Å². The summed E-state index contributed by atoms with van der Waals surface area (Å²) in [6.07, 6.45) is 4.65. The quantitative estimate of drug-likeness (QED) is 0.222. The van der Waals surface area contributed by atoms with Crippen LogP contribution in [0.1, 0.15) is 73.5 Å². The monoisotopic (exact) mass is 636 g/mol. The molecule has 0 unspecified atom stereocenters. The SMILES string of the molecule is Cc1ccccc1C1=CC2(C(=O)OC(C)(C)C)CCC1(NC(=O)c1c(C)c(-c3ccccc3)nc3ccc(Br)cc13)CC2. The van der Waals surface area contributed by atoms with Gasteiger partial charge in [-0.2, -0.15) is 0 Å². The number of benzene rings is 3.